The normalized spacial score (nSPS) is 11.9. The Morgan fingerprint density at radius 1 is 1.21 bits per heavy atom. The molecule has 100 valence electrons. The summed E-state index contributed by atoms with van der Waals surface area (Å²) in [5.41, 5.74) is 1.95. The zero-order valence-electron chi connectivity index (χ0n) is 10.6. The summed E-state index contributed by atoms with van der Waals surface area (Å²) in [7, 11) is 1.64. The Kier molecular flexibility index (Phi) is 4.82. The van der Waals surface area contributed by atoms with E-state index < -0.39 is 0 Å². The van der Waals surface area contributed by atoms with Crippen LogP contribution in [-0.2, 0) is 0 Å². The van der Waals surface area contributed by atoms with Crippen LogP contribution in [0.3, 0.4) is 0 Å². The van der Waals surface area contributed by atoms with Crippen LogP contribution < -0.4 is 10.1 Å². The monoisotopic (exact) mass is 321 g/mol. The zero-order valence-corrected chi connectivity index (χ0v) is 12.2. The molecular formula is C15H16BrNO2. The second-order valence-electron chi connectivity index (χ2n) is 4.16. The highest BCUT2D eigenvalue weighted by atomic mass is 79.9. The summed E-state index contributed by atoms with van der Waals surface area (Å²) in [5.74, 6) is 0.789. The molecule has 0 bridgehead atoms. The molecule has 0 spiro atoms. The van der Waals surface area contributed by atoms with Crippen molar-refractivity contribution in [2.45, 2.75) is 6.04 Å². The zero-order chi connectivity index (χ0) is 13.7. The van der Waals surface area contributed by atoms with Gasteiger partial charge in [-0.05, 0) is 29.8 Å². The van der Waals surface area contributed by atoms with Crippen molar-refractivity contribution in [3.8, 4) is 5.75 Å². The number of ether oxygens (including phenoxy) is 1. The lowest BCUT2D eigenvalue weighted by molar-refractivity contribution is 0.276. The predicted molar refractivity (Wildman–Crippen MR) is 80.6 cm³/mol. The lowest BCUT2D eigenvalue weighted by Gasteiger charge is -2.18. The fraction of sp³-hybridized carbons (Fsp3) is 0.200. The summed E-state index contributed by atoms with van der Waals surface area (Å²) in [6, 6.07) is 15.4. The number of aliphatic hydroxyl groups is 1. The summed E-state index contributed by atoms with van der Waals surface area (Å²) < 4.78 is 6.21. The minimum absolute atomic E-state index is 0.0266. The van der Waals surface area contributed by atoms with Gasteiger partial charge >= 0.3 is 0 Å². The van der Waals surface area contributed by atoms with Crippen molar-refractivity contribution in [2.24, 2.45) is 0 Å². The van der Waals surface area contributed by atoms with E-state index in [4.69, 9.17) is 4.74 Å². The summed E-state index contributed by atoms with van der Waals surface area (Å²) in [5, 5.41) is 12.8. The molecule has 0 radical (unpaired) electrons. The van der Waals surface area contributed by atoms with Gasteiger partial charge in [0.25, 0.3) is 0 Å². The molecule has 0 fully saturated rings. The van der Waals surface area contributed by atoms with Gasteiger partial charge in [0, 0.05) is 16.2 Å². The number of benzene rings is 2. The molecule has 19 heavy (non-hydrogen) atoms. The maximum Gasteiger partial charge on any atom is 0.120 e. The molecule has 3 nitrogen and oxygen atoms in total. The van der Waals surface area contributed by atoms with Gasteiger partial charge in [-0.15, -0.1) is 0 Å². The van der Waals surface area contributed by atoms with Gasteiger partial charge in [0.05, 0.1) is 19.8 Å². The van der Waals surface area contributed by atoms with Crippen molar-refractivity contribution >= 4 is 21.6 Å². The van der Waals surface area contributed by atoms with E-state index >= 15 is 0 Å². The lowest BCUT2D eigenvalue weighted by Crippen LogP contribution is -2.14. The quantitative estimate of drug-likeness (QED) is 0.884. The first kappa shape index (κ1) is 13.9. The van der Waals surface area contributed by atoms with Gasteiger partial charge in [0.2, 0.25) is 0 Å². The minimum Gasteiger partial charge on any atom is -0.497 e. The largest absolute Gasteiger partial charge is 0.497 e. The Balaban J connectivity index is 2.16. The van der Waals surface area contributed by atoms with E-state index in [1.54, 1.807) is 7.11 Å². The highest BCUT2D eigenvalue weighted by molar-refractivity contribution is 9.10. The molecule has 0 saturated heterocycles. The smallest absolute Gasteiger partial charge is 0.120 e. The van der Waals surface area contributed by atoms with Crippen molar-refractivity contribution in [1.29, 1.82) is 0 Å². The lowest BCUT2D eigenvalue weighted by atomic mass is 10.1. The molecule has 0 aliphatic carbocycles. The summed E-state index contributed by atoms with van der Waals surface area (Å²) >= 11 is 3.40. The first-order valence-corrected chi connectivity index (χ1v) is 6.79. The number of anilines is 1. The number of nitrogens with one attached hydrogen (secondary N) is 1. The van der Waals surface area contributed by atoms with Gasteiger partial charge in [0.15, 0.2) is 0 Å². The van der Waals surface area contributed by atoms with E-state index in [1.165, 1.54) is 0 Å². The molecule has 2 aromatic rings. The van der Waals surface area contributed by atoms with Crippen LogP contribution in [0.2, 0.25) is 0 Å². The maximum absolute atomic E-state index is 9.53. The highest BCUT2D eigenvalue weighted by Gasteiger charge is 2.10. The Bertz CT molecular complexity index is 528. The van der Waals surface area contributed by atoms with Crippen LogP contribution in [0, 0.1) is 0 Å². The molecule has 1 atom stereocenters. The minimum atomic E-state index is -0.139. The SMILES string of the molecule is COc1cccc(NC(CO)c2ccc(Br)cc2)c1. The molecule has 2 N–H and O–H groups in total. The van der Waals surface area contributed by atoms with Crippen LogP contribution in [0.15, 0.2) is 53.0 Å². The van der Waals surface area contributed by atoms with Crippen molar-refractivity contribution in [3.05, 3.63) is 58.6 Å². The Morgan fingerprint density at radius 2 is 1.95 bits per heavy atom. The van der Waals surface area contributed by atoms with Gasteiger partial charge in [-0.1, -0.05) is 34.1 Å². The molecule has 0 amide bonds. The molecule has 2 rings (SSSR count). The molecule has 0 saturated carbocycles. The molecule has 0 heterocycles. The van der Waals surface area contributed by atoms with Crippen LogP contribution in [0.5, 0.6) is 5.75 Å². The van der Waals surface area contributed by atoms with Gasteiger partial charge in [-0.3, -0.25) is 0 Å². The number of halogens is 1. The highest BCUT2D eigenvalue weighted by Crippen LogP contribution is 2.23. The molecule has 2 aromatic carbocycles. The molecular weight excluding hydrogens is 306 g/mol. The molecule has 0 aromatic heterocycles. The average Bonchev–Trinajstić information content (AvgIpc) is 2.46. The fourth-order valence-corrected chi connectivity index (χ4v) is 2.11. The van der Waals surface area contributed by atoms with Crippen molar-refractivity contribution in [1.82, 2.24) is 0 Å². The van der Waals surface area contributed by atoms with Crippen molar-refractivity contribution < 1.29 is 9.84 Å². The van der Waals surface area contributed by atoms with Crippen LogP contribution in [-0.4, -0.2) is 18.8 Å². The number of aliphatic hydroxyl groups excluding tert-OH is 1. The molecule has 1 unspecified atom stereocenters. The standard InChI is InChI=1S/C15H16BrNO2/c1-19-14-4-2-3-13(9-14)17-15(10-18)11-5-7-12(16)8-6-11/h2-9,15,17-18H,10H2,1H3. The van der Waals surface area contributed by atoms with E-state index in [9.17, 15) is 5.11 Å². The van der Waals surface area contributed by atoms with Crippen LogP contribution >= 0.6 is 15.9 Å². The maximum atomic E-state index is 9.53. The van der Waals surface area contributed by atoms with Crippen LogP contribution in [0.25, 0.3) is 0 Å². The van der Waals surface area contributed by atoms with Crippen LogP contribution in [0.4, 0.5) is 5.69 Å². The third-order valence-corrected chi connectivity index (χ3v) is 3.39. The predicted octanol–water partition coefficient (Wildman–Crippen LogP) is 3.60. The van der Waals surface area contributed by atoms with E-state index in [0.717, 1.165) is 21.5 Å². The molecule has 0 aliphatic rings. The Labute approximate surface area is 121 Å². The molecule has 0 aliphatic heterocycles. The summed E-state index contributed by atoms with van der Waals surface area (Å²) in [6.45, 7) is 0.0266. The Hall–Kier alpha value is -1.52. The van der Waals surface area contributed by atoms with E-state index in [1.807, 2.05) is 48.5 Å². The first-order chi connectivity index (χ1) is 9.22. The van der Waals surface area contributed by atoms with E-state index in [2.05, 4.69) is 21.2 Å². The average molecular weight is 322 g/mol. The number of rotatable bonds is 5. The third kappa shape index (κ3) is 3.72. The fourth-order valence-electron chi connectivity index (χ4n) is 1.84. The number of hydrogen-bond donors (Lipinski definition) is 2. The summed E-state index contributed by atoms with van der Waals surface area (Å²) in [6.07, 6.45) is 0. The van der Waals surface area contributed by atoms with Gasteiger partial charge in [0.1, 0.15) is 5.75 Å². The van der Waals surface area contributed by atoms with Gasteiger partial charge in [-0.2, -0.15) is 0 Å². The first-order valence-electron chi connectivity index (χ1n) is 6.00. The summed E-state index contributed by atoms with van der Waals surface area (Å²) in [4.78, 5) is 0. The Morgan fingerprint density at radius 3 is 2.58 bits per heavy atom. The third-order valence-electron chi connectivity index (χ3n) is 2.87. The second-order valence-corrected chi connectivity index (χ2v) is 5.08. The van der Waals surface area contributed by atoms with Gasteiger partial charge < -0.3 is 15.2 Å². The molecule has 4 heteroatoms. The van der Waals surface area contributed by atoms with Crippen molar-refractivity contribution in [2.75, 3.05) is 19.0 Å². The van der Waals surface area contributed by atoms with Gasteiger partial charge in [-0.25, -0.2) is 0 Å². The number of methoxy groups -OCH3 is 1. The number of hydrogen-bond acceptors (Lipinski definition) is 3. The van der Waals surface area contributed by atoms with E-state index in [0.29, 0.717) is 0 Å². The van der Waals surface area contributed by atoms with Crippen LogP contribution in [0.1, 0.15) is 11.6 Å². The topological polar surface area (TPSA) is 41.5 Å². The second kappa shape index (κ2) is 6.59. The van der Waals surface area contributed by atoms with E-state index in [-0.39, 0.29) is 12.6 Å². The van der Waals surface area contributed by atoms with Crippen molar-refractivity contribution in [3.63, 3.8) is 0 Å².